The van der Waals surface area contributed by atoms with Crippen molar-refractivity contribution < 1.29 is 32.9 Å². The second kappa shape index (κ2) is 41.6. The van der Waals surface area contributed by atoms with E-state index < -0.39 is 20.0 Å². The SMILES string of the molecule is CCCCCCCCCCCCCC=CC(O)C(COP(=O)(O)OCC[N+](C)(C)C)NC(=O)CCCCCCCCCCCCCCCCCCCCCCCCC. The van der Waals surface area contributed by atoms with Crippen LogP contribution >= 0.6 is 7.82 Å². The Bertz CT molecular complexity index is 958. The van der Waals surface area contributed by atoms with Crippen molar-refractivity contribution in [3.8, 4) is 0 Å². The maximum Gasteiger partial charge on any atom is 0.472 e. The van der Waals surface area contributed by atoms with Crippen molar-refractivity contribution in [1.82, 2.24) is 5.32 Å². The first-order valence-corrected chi connectivity index (χ1v) is 26.6. The number of aliphatic hydroxyl groups excluding tert-OH is 1. The fraction of sp³-hybridized carbons (Fsp3) is 0.939. The van der Waals surface area contributed by atoms with Crippen LogP contribution in [-0.4, -0.2) is 73.4 Å². The first-order chi connectivity index (χ1) is 28.0. The van der Waals surface area contributed by atoms with E-state index in [1.165, 1.54) is 186 Å². The van der Waals surface area contributed by atoms with E-state index in [4.69, 9.17) is 9.05 Å². The predicted molar refractivity (Wildman–Crippen MR) is 249 cm³/mol. The number of aliphatic hydroxyl groups is 1. The zero-order valence-electron chi connectivity index (χ0n) is 39.3. The molecule has 0 aliphatic carbocycles. The molecule has 3 unspecified atom stereocenters. The molecule has 0 fully saturated rings. The third-order valence-electron chi connectivity index (χ3n) is 11.5. The van der Waals surface area contributed by atoms with Gasteiger partial charge >= 0.3 is 7.82 Å². The number of unbranched alkanes of at least 4 members (excludes halogenated alkanes) is 33. The molecule has 0 spiro atoms. The van der Waals surface area contributed by atoms with Gasteiger partial charge in [0.25, 0.3) is 0 Å². The minimum absolute atomic E-state index is 0.0647. The van der Waals surface area contributed by atoms with Crippen LogP contribution in [0.15, 0.2) is 12.2 Å². The molecule has 0 bridgehead atoms. The topological polar surface area (TPSA) is 105 Å². The smallest absolute Gasteiger partial charge is 0.387 e. The van der Waals surface area contributed by atoms with E-state index in [0.29, 0.717) is 17.4 Å². The Kier molecular flexibility index (Phi) is 41.0. The summed E-state index contributed by atoms with van der Waals surface area (Å²) in [5, 5.41) is 13.9. The summed E-state index contributed by atoms with van der Waals surface area (Å²) in [6, 6.07) is -0.840. The summed E-state index contributed by atoms with van der Waals surface area (Å²) < 4.78 is 23.6. The average molecular weight is 844 g/mol. The van der Waals surface area contributed by atoms with Crippen molar-refractivity contribution in [2.75, 3.05) is 40.9 Å². The fourth-order valence-electron chi connectivity index (χ4n) is 7.51. The Morgan fingerprint density at radius 3 is 1.28 bits per heavy atom. The van der Waals surface area contributed by atoms with Crippen molar-refractivity contribution in [3.05, 3.63) is 12.2 Å². The monoisotopic (exact) mass is 844 g/mol. The lowest BCUT2D eigenvalue weighted by atomic mass is 10.0. The highest BCUT2D eigenvalue weighted by Gasteiger charge is 2.27. The Hall–Kier alpha value is -0.760. The quantitative estimate of drug-likeness (QED) is 0.0244. The fourth-order valence-corrected chi connectivity index (χ4v) is 8.25. The molecule has 0 aromatic carbocycles. The number of quaternary nitrogens is 1. The van der Waals surface area contributed by atoms with Gasteiger partial charge in [-0.15, -0.1) is 0 Å². The molecule has 0 aromatic heterocycles. The molecule has 1 amide bonds. The highest BCUT2D eigenvalue weighted by molar-refractivity contribution is 7.47. The number of phosphoric ester groups is 1. The van der Waals surface area contributed by atoms with Gasteiger partial charge in [-0.1, -0.05) is 231 Å². The van der Waals surface area contributed by atoms with Crippen LogP contribution in [-0.2, 0) is 18.4 Å². The lowest BCUT2D eigenvalue weighted by molar-refractivity contribution is -0.870. The summed E-state index contributed by atoms with van der Waals surface area (Å²) >= 11 is 0. The van der Waals surface area contributed by atoms with Crippen LogP contribution < -0.4 is 5.32 Å². The first-order valence-electron chi connectivity index (χ1n) is 25.1. The normalized spacial score (nSPS) is 14.3. The molecule has 3 atom stereocenters. The first kappa shape index (κ1) is 57.2. The molecule has 8 nitrogen and oxygen atoms in total. The van der Waals surface area contributed by atoms with E-state index in [0.717, 1.165) is 38.5 Å². The van der Waals surface area contributed by atoms with E-state index in [1.807, 2.05) is 27.2 Å². The molecule has 0 aromatic rings. The molecule has 58 heavy (non-hydrogen) atoms. The van der Waals surface area contributed by atoms with Crippen molar-refractivity contribution in [1.29, 1.82) is 0 Å². The van der Waals surface area contributed by atoms with Crippen molar-refractivity contribution in [2.24, 2.45) is 0 Å². The number of hydrogen-bond donors (Lipinski definition) is 3. The van der Waals surface area contributed by atoms with Gasteiger partial charge in [-0.2, -0.15) is 0 Å². The Labute approximate surface area is 361 Å². The number of phosphoric acid groups is 1. The minimum atomic E-state index is -4.33. The lowest BCUT2D eigenvalue weighted by Crippen LogP contribution is -2.45. The standard InChI is InChI=1S/C49H99N2O6P/c1-6-8-10-12-14-16-18-20-21-22-23-24-25-26-27-28-29-31-33-35-37-39-41-43-49(53)50-47(46-57-58(54,55)56-45-44-51(3,4)5)48(52)42-40-38-36-34-32-30-19-17-15-13-11-9-7-2/h40,42,47-48,52H,6-39,41,43-46H2,1-5H3,(H-,50,53,54,55)/p+1. The summed E-state index contributed by atoms with van der Waals surface area (Å²) in [4.78, 5) is 23.2. The molecule has 3 N–H and O–H groups in total. The van der Waals surface area contributed by atoms with E-state index in [-0.39, 0.29) is 19.1 Å². The third kappa shape index (κ3) is 43.3. The van der Waals surface area contributed by atoms with Gasteiger partial charge in [0.1, 0.15) is 13.2 Å². The van der Waals surface area contributed by atoms with Crippen molar-refractivity contribution in [2.45, 2.75) is 257 Å². The Balaban J connectivity index is 4.20. The van der Waals surface area contributed by atoms with Gasteiger partial charge in [-0.05, 0) is 19.3 Å². The molecule has 0 saturated heterocycles. The number of nitrogens with one attached hydrogen (secondary N) is 1. The second-order valence-corrected chi connectivity index (χ2v) is 20.0. The highest BCUT2D eigenvalue weighted by Crippen LogP contribution is 2.43. The number of carbonyl (C=O) groups is 1. The second-order valence-electron chi connectivity index (χ2n) is 18.6. The number of nitrogens with zero attached hydrogens (tertiary/aromatic N) is 1. The van der Waals surface area contributed by atoms with Gasteiger partial charge in [-0.3, -0.25) is 13.8 Å². The van der Waals surface area contributed by atoms with Crippen LogP contribution in [0.2, 0.25) is 0 Å². The van der Waals surface area contributed by atoms with Gasteiger partial charge in [-0.25, -0.2) is 4.57 Å². The number of allylic oxidation sites excluding steroid dienone is 1. The summed E-state index contributed by atoms with van der Waals surface area (Å²) in [5.41, 5.74) is 0. The summed E-state index contributed by atoms with van der Waals surface area (Å²) in [7, 11) is 1.58. The summed E-state index contributed by atoms with van der Waals surface area (Å²) in [6.45, 7) is 4.84. The molecular weight excluding hydrogens is 744 g/mol. The summed E-state index contributed by atoms with van der Waals surface area (Å²) in [5.74, 6) is -0.173. The molecule has 0 rings (SSSR count). The average Bonchev–Trinajstić information content (AvgIpc) is 3.17. The minimum Gasteiger partial charge on any atom is -0.387 e. The number of hydrogen-bond acceptors (Lipinski definition) is 5. The molecule has 0 aliphatic heterocycles. The highest BCUT2D eigenvalue weighted by atomic mass is 31.2. The Morgan fingerprint density at radius 1 is 0.569 bits per heavy atom. The number of likely N-dealkylation sites (N-methyl/N-ethyl adjacent to an activating group) is 1. The molecule has 0 radical (unpaired) electrons. The molecule has 0 aliphatic rings. The van der Waals surface area contributed by atoms with Crippen LogP contribution in [0, 0.1) is 0 Å². The molecular formula is C49H100N2O6P+. The van der Waals surface area contributed by atoms with Gasteiger partial charge in [0, 0.05) is 6.42 Å². The Morgan fingerprint density at radius 2 is 0.914 bits per heavy atom. The van der Waals surface area contributed by atoms with Gasteiger partial charge in [0.2, 0.25) is 5.91 Å². The van der Waals surface area contributed by atoms with Gasteiger partial charge < -0.3 is 19.8 Å². The zero-order valence-corrected chi connectivity index (χ0v) is 40.2. The van der Waals surface area contributed by atoms with E-state index in [2.05, 4.69) is 19.2 Å². The van der Waals surface area contributed by atoms with E-state index in [1.54, 1.807) is 6.08 Å². The van der Waals surface area contributed by atoms with Crippen LogP contribution in [0.1, 0.15) is 245 Å². The molecule has 0 heterocycles. The zero-order chi connectivity index (χ0) is 42.8. The number of amides is 1. The number of rotatable bonds is 46. The van der Waals surface area contributed by atoms with Crippen LogP contribution in [0.4, 0.5) is 0 Å². The van der Waals surface area contributed by atoms with Crippen LogP contribution in [0.5, 0.6) is 0 Å². The van der Waals surface area contributed by atoms with Gasteiger partial charge in [0.05, 0.1) is 39.9 Å². The van der Waals surface area contributed by atoms with Gasteiger partial charge in [0.15, 0.2) is 0 Å². The van der Waals surface area contributed by atoms with E-state index in [9.17, 15) is 19.4 Å². The predicted octanol–water partition coefficient (Wildman–Crippen LogP) is 14.3. The van der Waals surface area contributed by atoms with Crippen molar-refractivity contribution in [3.63, 3.8) is 0 Å². The van der Waals surface area contributed by atoms with Crippen LogP contribution in [0.25, 0.3) is 0 Å². The summed E-state index contributed by atoms with van der Waals surface area (Å²) in [6.07, 6.45) is 48.6. The largest absolute Gasteiger partial charge is 0.472 e. The van der Waals surface area contributed by atoms with Crippen LogP contribution in [0.3, 0.4) is 0 Å². The number of carbonyl (C=O) groups excluding carboxylic acids is 1. The van der Waals surface area contributed by atoms with E-state index >= 15 is 0 Å². The maximum atomic E-state index is 12.9. The van der Waals surface area contributed by atoms with Crippen molar-refractivity contribution >= 4 is 13.7 Å². The lowest BCUT2D eigenvalue weighted by Gasteiger charge is -2.25. The maximum absolute atomic E-state index is 12.9. The third-order valence-corrected chi connectivity index (χ3v) is 12.5. The molecule has 346 valence electrons. The molecule has 9 heteroatoms. The molecule has 0 saturated carbocycles.